The first-order valence-electron chi connectivity index (χ1n) is 2.65. The quantitative estimate of drug-likeness (QED) is 0.539. The maximum Gasteiger partial charge on any atom is 0.405 e. The van der Waals surface area contributed by atoms with Crippen LogP contribution in [-0.4, -0.2) is 23.5 Å². The van der Waals surface area contributed by atoms with E-state index < -0.39 is 12.1 Å². The topological polar surface area (TPSA) is 66.4 Å². The van der Waals surface area contributed by atoms with Crippen molar-refractivity contribution in [2.45, 2.75) is 19.4 Å². The van der Waals surface area contributed by atoms with Crippen molar-refractivity contribution >= 4 is 12.4 Å². The normalized spacial score (nSPS) is 12.1. The van der Waals surface area contributed by atoms with Crippen LogP contribution in [0.15, 0.2) is 0 Å². The highest BCUT2D eigenvalue weighted by Gasteiger charge is 2.04. The van der Waals surface area contributed by atoms with Crippen LogP contribution in [-0.2, 0) is 4.79 Å². The Bertz CT molecular complexity index is 113. The first-order valence-corrected chi connectivity index (χ1v) is 2.65. The number of carboxylic acid groups (broad SMARTS) is 1. The molecule has 1 amide bonds. The van der Waals surface area contributed by atoms with Crippen molar-refractivity contribution in [1.82, 2.24) is 5.32 Å². The lowest BCUT2D eigenvalue weighted by atomic mass is 10.3. The SMILES string of the molecule is CC[C@H](C=O)NC(=O)O. The third-order valence-electron chi connectivity index (χ3n) is 0.913. The van der Waals surface area contributed by atoms with Crippen LogP contribution in [0.5, 0.6) is 0 Å². The van der Waals surface area contributed by atoms with E-state index in [0.717, 1.165) is 0 Å². The second-order valence-electron chi connectivity index (χ2n) is 1.60. The van der Waals surface area contributed by atoms with Gasteiger partial charge >= 0.3 is 6.09 Å². The molecule has 2 N–H and O–H groups in total. The largest absolute Gasteiger partial charge is 0.465 e. The van der Waals surface area contributed by atoms with E-state index >= 15 is 0 Å². The summed E-state index contributed by atoms with van der Waals surface area (Å²) < 4.78 is 0. The summed E-state index contributed by atoms with van der Waals surface area (Å²) >= 11 is 0. The molecule has 4 nitrogen and oxygen atoms in total. The van der Waals surface area contributed by atoms with Gasteiger partial charge in [0.05, 0.1) is 6.04 Å². The van der Waals surface area contributed by atoms with Gasteiger partial charge in [-0.1, -0.05) is 6.92 Å². The van der Waals surface area contributed by atoms with E-state index in [0.29, 0.717) is 12.7 Å². The van der Waals surface area contributed by atoms with Gasteiger partial charge in [-0.05, 0) is 6.42 Å². The molecule has 0 rings (SSSR count). The molecule has 0 saturated carbocycles. The zero-order chi connectivity index (χ0) is 7.28. The van der Waals surface area contributed by atoms with Gasteiger partial charge in [-0.3, -0.25) is 0 Å². The molecular formula is C5H9NO3. The minimum Gasteiger partial charge on any atom is -0.465 e. The summed E-state index contributed by atoms with van der Waals surface area (Å²) in [5.41, 5.74) is 0. The first kappa shape index (κ1) is 7.94. The summed E-state index contributed by atoms with van der Waals surface area (Å²) in [7, 11) is 0. The fourth-order valence-corrected chi connectivity index (χ4v) is 0.391. The van der Waals surface area contributed by atoms with Crippen LogP contribution >= 0.6 is 0 Å². The predicted octanol–water partition coefficient (Wildman–Crippen LogP) is 0.232. The molecule has 0 aromatic heterocycles. The van der Waals surface area contributed by atoms with E-state index in [2.05, 4.69) is 0 Å². The Hall–Kier alpha value is -1.06. The maximum atomic E-state index is 9.95. The van der Waals surface area contributed by atoms with Gasteiger partial charge in [-0.15, -0.1) is 0 Å². The highest BCUT2D eigenvalue weighted by atomic mass is 16.4. The predicted molar refractivity (Wildman–Crippen MR) is 31.3 cm³/mol. The Labute approximate surface area is 52.9 Å². The van der Waals surface area contributed by atoms with Gasteiger partial charge in [0.15, 0.2) is 0 Å². The van der Waals surface area contributed by atoms with Gasteiger partial charge in [-0.2, -0.15) is 0 Å². The van der Waals surface area contributed by atoms with E-state index in [-0.39, 0.29) is 0 Å². The molecule has 0 aliphatic carbocycles. The molecule has 52 valence electrons. The molecule has 0 aromatic carbocycles. The minimum absolute atomic E-state index is 0.496. The standard InChI is InChI=1S/C5H9NO3/c1-2-4(3-7)6-5(8)9/h3-4,6H,2H2,1H3,(H,8,9)/t4-/m1/s1. The van der Waals surface area contributed by atoms with Gasteiger partial charge in [0.1, 0.15) is 6.29 Å². The fraction of sp³-hybridized carbons (Fsp3) is 0.600. The number of hydrogen-bond donors (Lipinski definition) is 2. The average molecular weight is 131 g/mol. The van der Waals surface area contributed by atoms with E-state index in [1.807, 2.05) is 5.32 Å². The van der Waals surface area contributed by atoms with Crippen LogP contribution in [0, 0.1) is 0 Å². The van der Waals surface area contributed by atoms with Gasteiger partial charge < -0.3 is 15.2 Å². The minimum atomic E-state index is -1.16. The molecule has 0 fully saturated rings. The number of carbonyl (C=O) groups is 2. The summed E-state index contributed by atoms with van der Waals surface area (Å²) in [5, 5.41) is 10.1. The van der Waals surface area contributed by atoms with Crippen LogP contribution in [0.3, 0.4) is 0 Å². The molecule has 0 aliphatic rings. The van der Waals surface area contributed by atoms with Crippen molar-refractivity contribution in [2.75, 3.05) is 0 Å². The van der Waals surface area contributed by atoms with Gasteiger partial charge in [0.25, 0.3) is 0 Å². The molecule has 4 heteroatoms. The molecule has 0 unspecified atom stereocenters. The summed E-state index contributed by atoms with van der Waals surface area (Å²) in [6.45, 7) is 1.73. The lowest BCUT2D eigenvalue weighted by Gasteiger charge is -2.04. The lowest BCUT2D eigenvalue weighted by Crippen LogP contribution is -2.33. The van der Waals surface area contributed by atoms with E-state index in [4.69, 9.17) is 5.11 Å². The van der Waals surface area contributed by atoms with Crippen LogP contribution < -0.4 is 5.32 Å². The van der Waals surface area contributed by atoms with Crippen molar-refractivity contribution in [3.05, 3.63) is 0 Å². The summed E-state index contributed by atoms with van der Waals surface area (Å²) in [5.74, 6) is 0. The second kappa shape index (κ2) is 3.88. The van der Waals surface area contributed by atoms with Gasteiger partial charge in [0.2, 0.25) is 0 Å². The summed E-state index contributed by atoms with van der Waals surface area (Å²) in [6.07, 6.45) is -0.0850. The Balaban J connectivity index is 3.55. The van der Waals surface area contributed by atoms with Crippen molar-refractivity contribution in [1.29, 1.82) is 0 Å². The number of aldehydes is 1. The van der Waals surface area contributed by atoms with Crippen molar-refractivity contribution in [2.24, 2.45) is 0 Å². The third-order valence-corrected chi connectivity index (χ3v) is 0.913. The summed E-state index contributed by atoms with van der Waals surface area (Å²) in [6, 6.07) is -0.553. The van der Waals surface area contributed by atoms with Crippen LogP contribution in [0.1, 0.15) is 13.3 Å². The Kier molecular flexibility index (Phi) is 3.43. The molecule has 9 heavy (non-hydrogen) atoms. The second-order valence-corrected chi connectivity index (χ2v) is 1.60. The third kappa shape index (κ3) is 3.52. The number of hydrogen-bond acceptors (Lipinski definition) is 2. The zero-order valence-corrected chi connectivity index (χ0v) is 5.13. The molecule has 1 atom stereocenters. The van der Waals surface area contributed by atoms with Crippen molar-refractivity contribution in [3.8, 4) is 0 Å². The average Bonchev–Trinajstić information content (AvgIpc) is 1.82. The highest BCUT2D eigenvalue weighted by molar-refractivity contribution is 5.71. The zero-order valence-electron chi connectivity index (χ0n) is 5.13. The lowest BCUT2D eigenvalue weighted by molar-refractivity contribution is -0.109. The monoisotopic (exact) mass is 131 g/mol. The van der Waals surface area contributed by atoms with Gasteiger partial charge in [-0.25, -0.2) is 4.79 Å². The number of nitrogens with one attached hydrogen (secondary N) is 1. The highest BCUT2D eigenvalue weighted by Crippen LogP contribution is 1.83. The van der Waals surface area contributed by atoms with Gasteiger partial charge in [0, 0.05) is 0 Å². The molecular weight excluding hydrogens is 122 g/mol. The van der Waals surface area contributed by atoms with E-state index in [9.17, 15) is 9.59 Å². The Morgan fingerprint density at radius 3 is 2.56 bits per heavy atom. The first-order chi connectivity index (χ1) is 4.20. The molecule has 0 radical (unpaired) electrons. The van der Waals surface area contributed by atoms with Crippen LogP contribution in [0.25, 0.3) is 0 Å². The van der Waals surface area contributed by atoms with E-state index in [1.165, 1.54) is 0 Å². The van der Waals surface area contributed by atoms with E-state index in [1.54, 1.807) is 6.92 Å². The maximum absolute atomic E-state index is 9.95. The number of carbonyl (C=O) groups excluding carboxylic acids is 1. The van der Waals surface area contributed by atoms with Crippen molar-refractivity contribution < 1.29 is 14.7 Å². The van der Waals surface area contributed by atoms with Crippen molar-refractivity contribution in [3.63, 3.8) is 0 Å². The molecule has 0 bridgehead atoms. The molecule has 0 heterocycles. The Morgan fingerprint density at radius 1 is 1.89 bits per heavy atom. The molecule has 0 saturated heterocycles. The van der Waals surface area contributed by atoms with Crippen LogP contribution in [0.2, 0.25) is 0 Å². The van der Waals surface area contributed by atoms with Crippen LogP contribution in [0.4, 0.5) is 4.79 Å². The fourth-order valence-electron chi connectivity index (χ4n) is 0.391. The molecule has 0 spiro atoms. The molecule has 0 aromatic rings. The smallest absolute Gasteiger partial charge is 0.405 e. The summed E-state index contributed by atoms with van der Waals surface area (Å²) in [4.78, 5) is 19.8. The number of amides is 1. The Morgan fingerprint density at radius 2 is 2.44 bits per heavy atom. The molecule has 0 aliphatic heterocycles. The number of rotatable bonds is 3.